The van der Waals surface area contributed by atoms with Crippen LogP contribution in [0.15, 0.2) is 25.3 Å². The summed E-state index contributed by atoms with van der Waals surface area (Å²) in [6.45, 7) is 22.4. The molecule has 0 atom stereocenters. The number of aliphatic imine (C=N–C) groups is 1. The summed E-state index contributed by atoms with van der Waals surface area (Å²) < 4.78 is 33.6. The van der Waals surface area contributed by atoms with Gasteiger partial charge in [0.15, 0.2) is 0 Å². The van der Waals surface area contributed by atoms with Crippen molar-refractivity contribution in [2.45, 2.75) is 108 Å². The van der Waals surface area contributed by atoms with E-state index in [0.29, 0.717) is 38.3 Å². The number of fused-ring (bicyclic) bond motifs is 2. The maximum atomic E-state index is 12.2. The molecule has 0 bridgehead atoms. The minimum Gasteiger partial charge on any atom is -1.00 e. The van der Waals surface area contributed by atoms with E-state index in [1.807, 2.05) is 46.4 Å². The first kappa shape index (κ1) is 61.7. The average molecular weight is 1470 g/mol. The Labute approximate surface area is 544 Å². The van der Waals surface area contributed by atoms with Gasteiger partial charge in [-0.25, -0.2) is 9.59 Å². The maximum Gasteiger partial charge on any atom is 1.00 e. The number of amides is 3. The van der Waals surface area contributed by atoms with E-state index >= 15 is 0 Å². The number of carbonyl (C=O) groups excluding carboxylic acids is 4. The number of halogens is 4. The minimum atomic E-state index is -0.470. The van der Waals surface area contributed by atoms with Crippen LogP contribution in [-0.4, -0.2) is 151 Å². The van der Waals surface area contributed by atoms with Crippen molar-refractivity contribution in [1.82, 2.24) is 34.3 Å². The Morgan fingerprint density at radius 3 is 1.48 bits per heavy atom. The van der Waals surface area contributed by atoms with Gasteiger partial charge in [0.2, 0.25) is 5.91 Å². The Morgan fingerprint density at radius 1 is 0.727 bits per heavy atom. The molecule has 2 aromatic heterocycles. The molecule has 0 unspecified atom stereocenters. The monoisotopic (exact) mass is 1470 g/mol. The van der Waals surface area contributed by atoms with Gasteiger partial charge in [0, 0.05) is 67.5 Å². The van der Waals surface area contributed by atoms with Crippen LogP contribution in [0.25, 0.3) is 0 Å². The third kappa shape index (κ3) is 18.1. The fourth-order valence-electron chi connectivity index (χ4n) is 7.03. The summed E-state index contributed by atoms with van der Waals surface area (Å²) in [7, 11) is 0. The van der Waals surface area contributed by atoms with Crippen molar-refractivity contribution >= 4 is 99.6 Å². The number of ether oxygens (including phenoxy) is 5. The number of aromatic nitrogens is 4. The van der Waals surface area contributed by atoms with Crippen LogP contribution in [0.1, 0.15) is 90.9 Å². The Hall–Kier alpha value is 1.42. The van der Waals surface area contributed by atoms with E-state index in [9.17, 15) is 14.4 Å². The maximum absolute atomic E-state index is 12.2. The molecule has 9 heterocycles. The van der Waals surface area contributed by atoms with E-state index in [2.05, 4.69) is 99.8 Å². The molecule has 0 radical (unpaired) electrons. The van der Waals surface area contributed by atoms with E-state index in [-0.39, 0.29) is 164 Å². The molecule has 0 aromatic carbocycles. The summed E-state index contributed by atoms with van der Waals surface area (Å²) >= 11 is 12.8. The van der Waals surface area contributed by atoms with Crippen molar-refractivity contribution in [3.63, 3.8) is 0 Å². The predicted octanol–water partition coefficient (Wildman–Crippen LogP) is -0.262. The van der Waals surface area contributed by atoms with Crippen LogP contribution >= 0.6 is 70.4 Å². The van der Waals surface area contributed by atoms with Crippen LogP contribution < -0.4 is 143 Å². The van der Waals surface area contributed by atoms with Gasteiger partial charge in [0.1, 0.15) is 25.0 Å². The van der Waals surface area contributed by atoms with E-state index in [1.54, 1.807) is 16.7 Å². The quantitative estimate of drug-likeness (QED) is 0.128. The van der Waals surface area contributed by atoms with Gasteiger partial charge in [0.05, 0.1) is 81.8 Å². The summed E-state index contributed by atoms with van der Waals surface area (Å²) in [6.07, 6.45) is 2.07. The normalized spacial score (nSPS) is 18.7. The minimum absolute atomic E-state index is 0. The molecule has 3 fully saturated rings. The van der Waals surface area contributed by atoms with Crippen LogP contribution in [0.4, 0.5) is 9.59 Å². The Bertz CT molecular complexity index is 2060. The first-order valence-corrected chi connectivity index (χ1v) is 24.6. The molecule has 0 saturated carbocycles. The van der Waals surface area contributed by atoms with Crippen molar-refractivity contribution in [1.29, 1.82) is 0 Å². The first-order chi connectivity index (χ1) is 30.2. The second kappa shape index (κ2) is 28.8. The van der Waals surface area contributed by atoms with Gasteiger partial charge in [-0.05, 0) is 101 Å². The predicted molar refractivity (Wildman–Crippen MR) is 252 cm³/mol. The second-order valence-corrected chi connectivity index (χ2v) is 21.7. The Kier molecular flexibility index (Phi) is 26.9. The van der Waals surface area contributed by atoms with Crippen molar-refractivity contribution in [2.24, 2.45) is 4.99 Å². The van der Waals surface area contributed by atoms with Gasteiger partial charge in [0.25, 0.3) is 6.47 Å². The molecule has 3 saturated heterocycles. The van der Waals surface area contributed by atoms with Crippen LogP contribution in [0.3, 0.4) is 0 Å². The van der Waals surface area contributed by atoms with Crippen LogP contribution in [0.2, 0.25) is 0 Å². The molecule has 358 valence electrons. The zero-order chi connectivity index (χ0) is 46.9. The SMILES string of the molecule is CC(=O)N1CCc2c(c(Br)nn2C2COC2)C1.CC(C)(C)OC(=O)N1CCC2=C(C1)C(Br)=NC2.CC(C)(C)OC(=O)N1CCc2c(c(Br)nn2C2COC2)C1.IC1COC1.O=CO[O-].[Cs+].[Cs+].[H-]. The van der Waals surface area contributed by atoms with Crippen molar-refractivity contribution < 1.29 is 192 Å². The molecule has 66 heavy (non-hydrogen) atoms. The largest absolute Gasteiger partial charge is 1.00 e. The van der Waals surface area contributed by atoms with Gasteiger partial charge < -0.3 is 50.0 Å². The van der Waals surface area contributed by atoms with Gasteiger partial charge in [-0.2, -0.15) is 10.2 Å². The van der Waals surface area contributed by atoms with Gasteiger partial charge in [-0.1, -0.05) is 22.6 Å². The third-order valence-corrected chi connectivity index (χ3v) is 13.2. The van der Waals surface area contributed by atoms with E-state index < -0.39 is 11.2 Å². The van der Waals surface area contributed by atoms with Gasteiger partial charge >= 0.3 is 150 Å². The van der Waals surface area contributed by atoms with Crippen LogP contribution in [-0.2, 0) is 64.1 Å². The summed E-state index contributed by atoms with van der Waals surface area (Å²) in [5.74, 6) is 0.127. The molecule has 3 amide bonds. The van der Waals surface area contributed by atoms with E-state index in [0.717, 1.165) is 113 Å². The van der Waals surface area contributed by atoms with Gasteiger partial charge in [-0.3, -0.25) is 23.9 Å². The van der Waals surface area contributed by atoms with Crippen molar-refractivity contribution in [3.05, 3.63) is 42.9 Å². The van der Waals surface area contributed by atoms with E-state index in [4.69, 9.17) is 33.7 Å². The van der Waals surface area contributed by atoms with E-state index in [1.165, 1.54) is 17.0 Å². The second-order valence-electron chi connectivity index (χ2n) is 17.7. The molecule has 7 aliphatic rings. The molecule has 2 aromatic rings. The zero-order valence-corrected chi connectivity index (χ0v) is 58.7. The molecule has 9 rings (SSSR count). The van der Waals surface area contributed by atoms with Crippen LogP contribution in [0, 0.1) is 0 Å². The number of nitrogens with zero attached hydrogens (tertiary/aromatic N) is 8. The first-order valence-electron chi connectivity index (χ1n) is 20.9. The Morgan fingerprint density at radius 2 is 1.12 bits per heavy atom. The van der Waals surface area contributed by atoms with Crippen LogP contribution in [0.5, 0.6) is 0 Å². The molecule has 25 heteroatoms. The summed E-state index contributed by atoms with van der Waals surface area (Å²) in [5, 5.41) is 17.5. The number of alkyl halides is 1. The number of hydrogen-bond donors (Lipinski definition) is 0. The van der Waals surface area contributed by atoms with Crippen molar-refractivity contribution in [3.8, 4) is 0 Å². The summed E-state index contributed by atoms with van der Waals surface area (Å²) in [5.41, 5.74) is 6.28. The third-order valence-electron chi connectivity index (χ3n) is 10.5. The summed E-state index contributed by atoms with van der Waals surface area (Å²) in [4.78, 5) is 56.4. The van der Waals surface area contributed by atoms with Gasteiger partial charge in [-0.15, -0.1) is 0 Å². The average Bonchev–Trinajstić information content (AvgIpc) is 3.83. The van der Waals surface area contributed by atoms with Crippen molar-refractivity contribution in [2.75, 3.05) is 72.4 Å². The molecular weight excluding hydrogens is 1410 g/mol. The molecular formula is C41H58Br3Cs2IN8O11. The summed E-state index contributed by atoms with van der Waals surface area (Å²) in [6, 6.07) is 0.706. The number of carbonyl (C=O) groups is 4. The standard InChI is InChI=1S/C14H20BrN3O3.C12H17BrN2O2.C11H14BrN3O2.C3H5IO.CH2O3.2Cs.H/c1-14(2,3)21-13(19)17-5-4-11-10(6-17)12(15)16-18(11)9-7-20-8-9;1-12(2,3)17-11(16)15-5-4-8-6-14-10(13)9(8)7-15;1-7(16)14-3-2-10-9(4-14)11(12)13-15(10)8-5-17-6-8;4-3-1-5-2-3;2-1-4-3;;;/h9H,4-8H2,1-3H3;4-7H2,1-3H3;8H,2-6H2,1H3;3H,1-2H2;1,3H;;;/q;;;;;2*+1;-1/p-1. The Balaban J connectivity index is 0.000000310. The molecule has 7 aliphatic heterocycles. The number of hydrogen-bond acceptors (Lipinski definition) is 14. The fraction of sp³-hybridized carbons (Fsp3) is 0.683. The molecule has 0 aliphatic carbocycles. The molecule has 0 N–H and O–H groups in total. The molecule has 19 nitrogen and oxygen atoms in total. The topological polar surface area (TPSA) is 204 Å². The molecule has 0 spiro atoms. The zero-order valence-electron chi connectivity index (χ0n) is 40.2. The fourth-order valence-corrected chi connectivity index (χ4v) is 9.12. The number of rotatable bonds is 3. The smallest absolute Gasteiger partial charge is 1.00 e.